The van der Waals surface area contributed by atoms with E-state index >= 15 is 0 Å². The minimum Gasteiger partial charge on any atom is -0.493 e. The van der Waals surface area contributed by atoms with Crippen LogP contribution in [0.5, 0.6) is 11.5 Å². The van der Waals surface area contributed by atoms with Gasteiger partial charge < -0.3 is 14.4 Å². The van der Waals surface area contributed by atoms with E-state index in [2.05, 4.69) is 6.58 Å². The lowest BCUT2D eigenvalue weighted by molar-refractivity contribution is -0.157. The first kappa shape index (κ1) is 18.6. The van der Waals surface area contributed by atoms with Crippen LogP contribution >= 0.6 is 0 Å². The molecule has 0 aliphatic carbocycles. The molecule has 0 aromatic heterocycles. The molecule has 23 heavy (non-hydrogen) atoms. The second-order valence-electron chi connectivity index (χ2n) is 4.54. The number of benzene rings is 1. The Balaban J connectivity index is 2.98. The number of amides is 1. The van der Waals surface area contributed by atoms with Crippen LogP contribution in [0.4, 0.5) is 13.2 Å². The van der Waals surface area contributed by atoms with Gasteiger partial charge in [0, 0.05) is 18.2 Å². The second kappa shape index (κ2) is 8.26. The minimum absolute atomic E-state index is 0.196. The molecule has 1 aromatic rings. The molecule has 0 bridgehead atoms. The van der Waals surface area contributed by atoms with Crippen LogP contribution in [0.2, 0.25) is 0 Å². The molecule has 0 unspecified atom stereocenters. The van der Waals surface area contributed by atoms with Crippen molar-refractivity contribution >= 4 is 12.0 Å². The van der Waals surface area contributed by atoms with Gasteiger partial charge in [-0.15, -0.1) is 6.58 Å². The van der Waals surface area contributed by atoms with Gasteiger partial charge in [0.05, 0.1) is 14.2 Å². The lowest BCUT2D eigenvalue weighted by Gasteiger charge is -2.21. The van der Waals surface area contributed by atoms with Gasteiger partial charge in [-0.2, -0.15) is 13.2 Å². The summed E-state index contributed by atoms with van der Waals surface area (Å²) in [5.41, 5.74) is 0.519. The van der Waals surface area contributed by atoms with E-state index in [4.69, 9.17) is 9.47 Å². The van der Waals surface area contributed by atoms with Crippen LogP contribution in [0.25, 0.3) is 6.08 Å². The van der Waals surface area contributed by atoms with Gasteiger partial charge in [0.15, 0.2) is 11.5 Å². The van der Waals surface area contributed by atoms with Gasteiger partial charge in [-0.25, -0.2) is 0 Å². The van der Waals surface area contributed by atoms with E-state index in [0.29, 0.717) is 22.0 Å². The van der Waals surface area contributed by atoms with E-state index in [9.17, 15) is 18.0 Å². The fraction of sp³-hybridized carbons (Fsp3) is 0.312. The molecule has 0 heterocycles. The molecule has 0 aliphatic heterocycles. The number of para-hydroxylation sites is 1. The summed E-state index contributed by atoms with van der Waals surface area (Å²) in [4.78, 5) is 12.6. The fourth-order valence-corrected chi connectivity index (χ4v) is 1.91. The average Bonchev–Trinajstić information content (AvgIpc) is 2.50. The quantitative estimate of drug-likeness (QED) is 0.569. The molecule has 4 nitrogen and oxygen atoms in total. The third-order valence-corrected chi connectivity index (χ3v) is 2.87. The number of rotatable bonds is 7. The predicted molar refractivity (Wildman–Crippen MR) is 81.4 cm³/mol. The largest absolute Gasteiger partial charge is 0.493 e. The van der Waals surface area contributed by atoms with Gasteiger partial charge in [0.25, 0.3) is 0 Å². The van der Waals surface area contributed by atoms with E-state index in [0.717, 1.165) is 6.08 Å². The topological polar surface area (TPSA) is 38.8 Å². The van der Waals surface area contributed by atoms with Gasteiger partial charge in [0.1, 0.15) is 6.54 Å². The molecule has 0 fully saturated rings. The maximum atomic E-state index is 12.5. The van der Waals surface area contributed by atoms with Gasteiger partial charge in [-0.1, -0.05) is 18.2 Å². The van der Waals surface area contributed by atoms with E-state index in [-0.39, 0.29) is 6.54 Å². The molecule has 0 atom stereocenters. The zero-order valence-corrected chi connectivity index (χ0v) is 12.9. The van der Waals surface area contributed by atoms with Gasteiger partial charge in [0.2, 0.25) is 5.91 Å². The molecule has 0 radical (unpaired) electrons. The Morgan fingerprint density at radius 2 is 2.00 bits per heavy atom. The number of methoxy groups -OCH3 is 2. The third-order valence-electron chi connectivity index (χ3n) is 2.87. The zero-order valence-electron chi connectivity index (χ0n) is 12.9. The smallest absolute Gasteiger partial charge is 0.406 e. The number of carbonyl (C=O) groups is 1. The lowest BCUT2D eigenvalue weighted by Crippen LogP contribution is -2.38. The summed E-state index contributed by atoms with van der Waals surface area (Å²) in [7, 11) is 2.90. The van der Waals surface area contributed by atoms with Crippen molar-refractivity contribution in [3.63, 3.8) is 0 Å². The molecule has 1 aromatic carbocycles. The van der Waals surface area contributed by atoms with Crippen molar-refractivity contribution in [3.05, 3.63) is 42.5 Å². The highest BCUT2D eigenvalue weighted by molar-refractivity contribution is 5.92. The summed E-state index contributed by atoms with van der Waals surface area (Å²) in [6.45, 7) is 1.83. The molecule has 0 saturated heterocycles. The molecule has 1 rings (SSSR count). The van der Waals surface area contributed by atoms with Crippen LogP contribution in [0.15, 0.2) is 36.9 Å². The first-order valence-corrected chi connectivity index (χ1v) is 6.68. The van der Waals surface area contributed by atoms with E-state index < -0.39 is 18.6 Å². The number of alkyl halides is 3. The number of nitrogens with zero attached hydrogens (tertiary/aromatic N) is 1. The predicted octanol–water partition coefficient (Wildman–Crippen LogP) is 3.29. The molecule has 7 heteroatoms. The van der Waals surface area contributed by atoms with Crippen LogP contribution in [0.1, 0.15) is 5.56 Å². The highest BCUT2D eigenvalue weighted by Gasteiger charge is 2.31. The summed E-state index contributed by atoms with van der Waals surface area (Å²) in [5, 5.41) is 0. The third kappa shape index (κ3) is 5.69. The van der Waals surface area contributed by atoms with Crippen molar-refractivity contribution in [3.8, 4) is 11.5 Å². The maximum Gasteiger partial charge on any atom is 0.406 e. The number of ether oxygens (including phenoxy) is 2. The van der Waals surface area contributed by atoms with Crippen molar-refractivity contribution in [2.75, 3.05) is 27.3 Å². The standard InChI is InChI=1S/C16H18F3NO3/c1-4-10-20(11-16(17,18)19)14(21)9-8-12-6-5-7-13(22-2)15(12)23-3/h4-9H,1,10-11H2,2-3H3. The Morgan fingerprint density at radius 1 is 1.30 bits per heavy atom. The Hall–Kier alpha value is -2.44. The maximum absolute atomic E-state index is 12.5. The van der Waals surface area contributed by atoms with E-state index in [1.165, 1.54) is 26.4 Å². The first-order valence-electron chi connectivity index (χ1n) is 6.68. The average molecular weight is 329 g/mol. The Bertz CT molecular complexity index is 582. The van der Waals surface area contributed by atoms with Crippen molar-refractivity contribution in [1.29, 1.82) is 0 Å². The summed E-state index contributed by atoms with van der Waals surface area (Å²) in [6, 6.07) is 5.02. The number of hydrogen-bond donors (Lipinski definition) is 0. The normalized spacial score (nSPS) is 11.3. The summed E-state index contributed by atoms with van der Waals surface area (Å²) < 4.78 is 47.8. The summed E-state index contributed by atoms with van der Waals surface area (Å²) in [6.07, 6.45) is -0.785. The first-order chi connectivity index (χ1) is 10.8. The van der Waals surface area contributed by atoms with Crippen LogP contribution < -0.4 is 9.47 Å². The molecule has 0 saturated carbocycles. The fourth-order valence-electron chi connectivity index (χ4n) is 1.91. The molecule has 0 N–H and O–H groups in total. The highest BCUT2D eigenvalue weighted by atomic mass is 19.4. The van der Waals surface area contributed by atoms with Gasteiger partial charge in [-0.05, 0) is 12.1 Å². The molecular weight excluding hydrogens is 311 g/mol. The highest BCUT2D eigenvalue weighted by Crippen LogP contribution is 2.31. The Kier molecular flexibility index (Phi) is 6.68. The monoisotopic (exact) mass is 329 g/mol. The van der Waals surface area contributed by atoms with Crippen LogP contribution in [-0.4, -0.2) is 44.3 Å². The minimum atomic E-state index is -4.47. The van der Waals surface area contributed by atoms with Gasteiger partial charge >= 0.3 is 6.18 Å². The molecule has 1 amide bonds. The van der Waals surface area contributed by atoms with Gasteiger partial charge in [-0.3, -0.25) is 4.79 Å². The molecule has 0 spiro atoms. The summed E-state index contributed by atoms with van der Waals surface area (Å²) in [5.74, 6) is 0.0811. The van der Waals surface area contributed by atoms with E-state index in [1.54, 1.807) is 18.2 Å². The van der Waals surface area contributed by atoms with Crippen LogP contribution in [-0.2, 0) is 4.79 Å². The number of hydrogen-bond acceptors (Lipinski definition) is 3. The Labute approximate surface area is 132 Å². The number of halogens is 3. The SMILES string of the molecule is C=CCN(CC(F)(F)F)C(=O)C=Cc1cccc(OC)c1OC. The van der Waals surface area contributed by atoms with Crippen LogP contribution in [0.3, 0.4) is 0 Å². The Morgan fingerprint density at radius 3 is 2.52 bits per heavy atom. The number of carbonyl (C=O) groups excluding carboxylic acids is 1. The van der Waals surface area contributed by atoms with Crippen molar-refractivity contribution in [2.24, 2.45) is 0 Å². The van der Waals surface area contributed by atoms with Crippen molar-refractivity contribution < 1.29 is 27.4 Å². The molecule has 126 valence electrons. The molecule has 0 aliphatic rings. The summed E-state index contributed by atoms with van der Waals surface area (Å²) >= 11 is 0. The second-order valence-corrected chi connectivity index (χ2v) is 4.54. The van der Waals surface area contributed by atoms with Crippen LogP contribution in [0, 0.1) is 0 Å². The van der Waals surface area contributed by atoms with E-state index in [1.807, 2.05) is 0 Å². The lowest BCUT2D eigenvalue weighted by atomic mass is 10.1. The van der Waals surface area contributed by atoms with Crippen molar-refractivity contribution in [2.45, 2.75) is 6.18 Å². The zero-order chi connectivity index (χ0) is 17.5. The molecular formula is C16H18F3NO3. The van der Waals surface area contributed by atoms with Crippen molar-refractivity contribution in [1.82, 2.24) is 4.90 Å².